The van der Waals surface area contributed by atoms with Crippen molar-refractivity contribution in [3.05, 3.63) is 59.7 Å². The van der Waals surface area contributed by atoms with Gasteiger partial charge in [-0.25, -0.2) is 0 Å². The zero-order chi connectivity index (χ0) is 19.1. The Balaban J connectivity index is 2.18. The first-order valence-electron chi connectivity index (χ1n) is 9.54. The van der Waals surface area contributed by atoms with Crippen molar-refractivity contribution in [3.63, 3.8) is 0 Å². The maximum absolute atomic E-state index is 12.8. The minimum Gasteiger partial charge on any atom is -0.348 e. The quantitative estimate of drug-likeness (QED) is 0.752. The highest BCUT2D eigenvalue weighted by Gasteiger charge is 2.16. The number of carbonyl (C=O) groups is 1. The van der Waals surface area contributed by atoms with E-state index in [1.807, 2.05) is 32.3 Å². The third-order valence-electron chi connectivity index (χ3n) is 4.47. The van der Waals surface area contributed by atoms with Crippen LogP contribution in [0.15, 0.2) is 48.5 Å². The lowest BCUT2D eigenvalue weighted by Gasteiger charge is -2.24. The lowest BCUT2D eigenvalue weighted by atomic mass is 9.99. The largest absolute Gasteiger partial charge is 0.348 e. The molecule has 0 saturated heterocycles. The van der Waals surface area contributed by atoms with Gasteiger partial charge < -0.3 is 10.2 Å². The smallest absolute Gasteiger partial charge is 0.251 e. The van der Waals surface area contributed by atoms with Gasteiger partial charge in [-0.1, -0.05) is 57.2 Å². The number of nitrogens with zero attached hydrogens (tertiary/aromatic N) is 1. The predicted molar refractivity (Wildman–Crippen MR) is 111 cm³/mol. The molecule has 1 amide bonds. The molecular weight excluding hydrogens is 320 g/mol. The minimum atomic E-state index is 0.00555. The lowest BCUT2D eigenvalue weighted by molar-refractivity contribution is 0.0924. The van der Waals surface area contributed by atoms with Gasteiger partial charge in [0.15, 0.2) is 0 Å². The second kappa shape index (κ2) is 9.54. The van der Waals surface area contributed by atoms with Gasteiger partial charge in [-0.05, 0) is 61.7 Å². The van der Waals surface area contributed by atoms with Crippen LogP contribution in [0.3, 0.4) is 0 Å². The molecule has 0 radical (unpaired) electrons. The Bertz CT molecular complexity index is 712. The first-order chi connectivity index (χ1) is 12.4. The molecule has 1 N–H and O–H groups in total. The summed E-state index contributed by atoms with van der Waals surface area (Å²) in [6.45, 7) is 7.39. The van der Waals surface area contributed by atoms with Gasteiger partial charge in [0.25, 0.3) is 5.91 Å². The molecule has 0 aromatic heterocycles. The molecule has 2 aromatic rings. The fraction of sp³-hybridized carbons (Fsp3) is 0.435. The summed E-state index contributed by atoms with van der Waals surface area (Å²) in [7, 11) is 4.08. The van der Waals surface area contributed by atoms with E-state index in [0.29, 0.717) is 5.92 Å². The highest BCUT2D eigenvalue weighted by molar-refractivity contribution is 5.95. The maximum atomic E-state index is 12.8. The number of hydrogen-bond donors (Lipinski definition) is 1. The van der Waals surface area contributed by atoms with Crippen LogP contribution in [-0.2, 0) is 6.42 Å². The summed E-state index contributed by atoms with van der Waals surface area (Å²) in [6.07, 6.45) is 1.98. The Morgan fingerprint density at radius 1 is 1.04 bits per heavy atom. The summed E-state index contributed by atoms with van der Waals surface area (Å²) in [5, 5.41) is 3.22. The normalized spacial score (nSPS) is 12.4. The Hall–Kier alpha value is -2.13. The third-order valence-corrected chi connectivity index (χ3v) is 4.47. The van der Waals surface area contributed by atoms with E-state index in [-0.39, 0.29) is 11.9 Å². The van der Waals surface area contributed by atoms with Crippen molar-refractivity contribution in [1.29, 1.82) is 0 Å². The molecule has 0 aliphatic carbocycles. The SMILES string of the molecule is CCc1cccc(-c2cccc(C(=O)N[C@@H](CC(C)C)CN(C)C)c2)c1. The van der Waals surface area contributed by atoms with Crippen LogP contribution in [0, 0.1) is 5.92 Å². The molecule has 3 heteroatoms. The molecule has 1 atom stereocenters. The Morgan fingerprint density at radius 3 is 2.31 bits per heavy atom. The van der Waals surface area contributed by atoms with Crippen LogP contribution < -0.4 is 5.32 Å². The highest BCUT2D eigenvalue weighted by Crippen LogP contribution is 2.22. The van der Waals surface area contributed by atoms with Gasteiger partial charge >= 0.3 is 0 Å². The number of hydrogen-bond acceptors (Lipinski definition) is 2. The summed E-state index contributed by atoms with van der Waals surface area (Å²) >= 11 is 0. The standard InChI is InChI=1S/C23H32N2O/c1-6-18-9-7-10-19(14-18)20-11-8-12-21(15-20)23(26)24-22(13-17(2)3)16-25(4)5/h7-12,14-15,17,22H,6,13,16H2,1-5H3,(H,24,26)/t22-/m0/s1. The first-order valence-corrected chi connectivity index (χ1v) is 9.54. The van der Waals surface area contributed by atoms with Crippen LogP contribution in [0.5, 0.6) is 0 Å². The predicted octanol–water partition coefficient (Wildman–Crippen LogP) is 4.62. The zero-order valence-electron chi connectivity index (χ0n) is 16.8. The number of benzene rings is 2. The summed E-state index contributed by atoms with van der Waals surface area (Å²) in [4.78, 5) is 14.9. The number of aryl methyl sites for hydroxylation is 1. The Morgan fingerprint density at radius 2 is 1.69 bits per heavy atom. The van der Waals surface area contributed by atoms with Crippen LogP contribution in [0.1, 0.15) is 43.1 Å². The van der Waals surface area contributed by atoms with E-state index in [1.54, 1.807) is 0 Å². The van der Waals surface area contributed by atoms with Crippen LogP contribution in [0.2, 0.25) is 0 Å². The van der Waals surface area contributed by atoms with Gasteiger partial charge in [0.2, 0.25) is 0 Å². The van der Waals surface area contributed by atoms with Crippen LogP contribution in [-0.4, -0.2) is 37.5 Å². The number of rotatable bonds is 8. The monoisotopic (exact) mass is 352 g/mol. The number of likely N-dealkylation sites (N-methyl/N-ethyl adjacent to an activating group) is 1. The molecule has 0 spiro atoms. The third kappa shape index (κ3) is 5.99. The average molecular weight is 353 g/mol. The fourth-order valence-corrected chi connectivity index (χ4v) is 3.27. The van der Waals surface area contributed by atoms with E-state index < -0.39 is 0 Å². The maximum Gasteiger partial charge on any atom is 0.251 e. The number of carbonyl (C=O) groups excluding carboxylic acids is 1. The zero-order valence-corrected chi connectivity index (χ0v) is 16.8. The van der Waals surface area contributed by atoms with E-state index in [0.717, 1.165) is 36.1 Å². The van der Waals surface area contributed by atoms with Gasteiger partial charge in [-0.15, -0.1) is 0 Å². The average Bonchev–Trinajstić information content (AvgIpc) is 2.60. The van der Waals surface area contributed by atoms with E-state index in [4.69, 9.17) is 0 Å². The van der Waals surface area contributed by atoms with Crippen LogP contribution in [0.25, 0.3) is 11.1 Å². The Labute approximate surface area is 158 Å². The van der Waals surface area contributed by atoms with Crippen LogP contribution in [0.4, 0.5) is 0 Å². The molecule has 0 saturated carbocycles. The van der Waals surface area contributed by atoms with E-state index >= 15 is 0 Å². The molecule has 0 fully saturated rings. The van der Waals surface area contributed by atoms with E-state index in [2.05, 4.69) is 61.3 Å². The van der Waals surface area contributed by atoms with Crippen molar-refractivity contribution in [3.8, 4) is 11.1 Å². The molecule has 0 aliphatic heterocycles. The van der Waals surface area contributed by atoms with Crippen molar-refractivity contribution in [2.24, 2.45) is 5.92 Å². The van der Waals surface area contributed by atoms with E-state index in [9.17, 15) is 4.79 Å². The molecule has 140 valence electrons. The van der Waals surface area contributed by atoms with Crippen molar-refractivity contribution in [2.45, 2.75) is 39.7 Å². The summed E-state index contributed by atoms with van der Waals surface area (Å²) < 4.78 is 0. The van der Waals surface area contributed by atoms with E-state index in [1.165, 1.54) is 5.56 Å². The topological polar surface area (TPSA) is 32.3 Å². The van der Waals surface area contributed by atoms with Gasteiger partial charge in [0, 0.05) is 18.2 Å². The molecule has 0 unspecified atom stereocenters. The van der Waals surface area contributed by atoms with Gasteiger partial charge in [-0.3, -0.25) is 4.79 Å². The summed E-state index contributed by atoms with van der Waals surface area (Å²) in [6, 6.07) is 16.6. The van der Waals surface area contributed by atoms with Gasteiger partial charge in [0.05, 0.1) is 0 Å². The summed E-state index contributed by atoms with van der Waals surface area (Å²) in [5.41, 5.74) is 4.27. The number of amides is 1. The second-order valence-electron chi connectivity index (χ2n) is 7.70. The highest BCUT2D eigenvalue weighted by atomic mass is 16.1. The fourth-order valence-electron chi connectivity index (χ4n) is 3.27. The molecular formula is C23H32N2O. The van der Waals surface area contributed by atoms with Crippen molar-refractivity contribution in [2.75, 3.05) is 20.6 Å². The first kappa shape index (κ1) is 20.2. The van der Waals surface area contributed by atoms with Crippen LogP contribution >= 0.6 is 0 Å². The lowest BCUT2D eigenvalue weighted by Crippen LogP contribution is -2.42. The minimum absolute atomic E-state index is 0.00555. The van der Waals surface area contributed by atoms with Gasteiger partial charge in [-0.2, -0.15) is 0 Å². The van der Waals surface area contributed by atoms with Crippen molar-refractivity contribution < 1.29 is 4.79 Å². The molecule has 26 heavy (non-hydrogen) atoms. The molecule has 2 aromatic carbocycles. The summed E-state index contributed by atoms with van der Waals surface area (Å²) in [5.74, 6) is 0.550. The number of nitrogens with one attached hydrogen (secondary N) is 1. The molecule has 2 rings (SSSR count). The van der Waals surface area contributed by atoms with Crippen molar-refractivity contribution in [1.82, 2.24) is 10.2 Å². The molecule has 0 aliphatic rings. The molecule has 0 bridgehead atoms. The molecule has 3 nitrogen and oxygen atoms in total. The van der Waals surface area contributed by atoms with Crippen molar-refractivity contribution >= 4 is 5.91 Å². The molecule has 0 heterocycles. The van der Waals surface area contributed by atoms with Gasteiger partial charge in [0.1, 0.15) is 0 Å². The Kier molecular flexibility index (Phi) is 7.40. The second-order valence-corrected chi connectivity index (χ2v) is 7.70.